The molecule has 0 bridgehead atoms. The average Bonchev–Trinajstić information content (AvgIpc) is 3.13. The number of amides is 2. The van der Waals surface area contributed by atoms with E-state index in [2.05, 4.69) is 36.8 Å². The standard InChI is InChI=1S/C18H12BrF3N4O2S2/c19-12-3-1-2-10(8-12)15(28)24-16-25-26-17(30-16)29-9-14(27)23-13-6-4-11(5-7-13)18(20,21)22/h1-8H,9H2,(H,23,27)(H,24,25,28). The number of nitrogens with zero attached hydrogens (tertiary/aromatic N) is 2. The molecule has 0 fully saturated rings. The largest absolute Gasteiger partial charge is 0.416 e. The minimum atomic E-state index is -4.43. The average molecular weight is 517 g/mol. The quantitative estimate of drug-likeness (QED) is 0.343. The number of rotatable bonds is 6. The molecule has 6 nitrogen and oxygen atoms in total. The molecule has 0 spiro atoms. The van der Waals surface area contributed by atoms with Crippen molar-refractivity contribution in [2.75, 3.05) is 16.4 Å². The van der Waals surface area contributed by atoms with Crippen LogP contribution in [0.5, 0.6) is 0 Å². The smallest absolute Gasteiger partial charge is 0.325 e. The van der Waals surface area contributed by atoms with E-state index >= 15 is 0 Å². The van der Waals surface area contributed by atoms with Crippen LogP contribution in [-0.4, -0.2) is 27.8 Å². The summed E-state index contributed by atoms with van der Waals surface area (Å²) in [6.45, 7) is 0. The van der Waals surface area contributed by atoms with Crippen LogP contribution in [-0.2, 0) is 11.0 Å². The van der Waals surface area contributed by atoms with Crippen molar-refractivity contribution in [1.29, 1.82) is 0 Å². The number of hydrogen-bond acceptors (Lipinski definition) is 6. The Kier molecular flexibility index (Phi) is 7.10. The van der Waals surface area contributed by atoms with Crippen molar-refractivity contribution in [1.82, 2.24) is 10.2 Å². The number of benzene rings is 2. The van der Waals surface area contributed by atoms with Crippen LogP contribution >= 0.6 is 39.0 Å². The van der Waals surface area contributed by atoms with E-state index in [0.717, 1.165) is 39.7 Å². The summed E-state index contributed by atoms with van der Waals surface area (Å²) in [5, 5.41) is 13.2. The van der Waals surface area contributed by atoms with Crippen molar-refractivity contribution >= 4 is 61.7 Å². The Morgan fingerprint density at radius 1 is 1.07 bits per heavy atom. The van der Waals surface area contributed by atoms with Gasteiger partial charge in [0.2, 0.25) is 11.0 Å². The number of nitrogens with one attached hydrogen (secondary N) is 2. The van der Waals surface area contributed by atoms with Crippen LogP contribution in [0.3, 0.4) is 0 Å². The summed E-state index contributed by atoms with van der Waals surface area (Å²) in [6, 6.07) is 11.0. The first-order valence-corrected chi connectivity index (χ1v) is 10.8. The highest BCUT2D eigenvalue weighted by atomic mass is 79.9. The van der Waals surface area contributed by atoms with Crippen LogP contribution in [0, 0.1) is 0 Å². The molecule has 12 heteroatoms. The maximum Gasteiger partial charge on any atom is 0.416 e. The molecule has 30 heavy (non-hydrogen) atoms. The first-order valence-electron chi connectivity index (χ1n) is 8.21. The minimum absolute atomic E-state index is 0.0186. The molecule has 0 unspecified atom stereocenters. The minimum Gasteiger partial charge on any atom is -0.325 e. The summed E-state index contributed by atoms with van der Waals surface area (Å²) in [6.07, 6.45) is -4.43. The Bertz CT molecular complexity index is 1060. The number of halogens is 4. The molecule has 156 valence electrons. The summed E-state index contributed by atoms with van der Waals surface area (Å²) >= 11 is 5.49. The molecule has 2 N–H and O–H groups in total. The molecule has 1 aromatic heterocycles. The molecule has 0 radical (unpaired) electrons. The summed E-state index contributed by atoms with van der Waals surface area (Å²) in [5.41, 5.74) is -0.0845. The summed E-state index contributed by atoms with van der Waals surface area (Å²) < 4.78 is 38.9. The van der Waals surface area contributed by atoms with Crippen molar-refractivity contribution in [3.8, 4) is 0 Å². The third kappa shape index (κ3) is 6.28. The van der Waals surface area contributed by atoms with Gasteiger partial charge in [-0.1, -0.05) is 45.1 Å². The molecule has 3 rings (SSSR count). The van der Waals surface area contributed by atoms with Crippen molar-refractivity contribution in [2.24, 2.45) is 0 Å². The fourth-order valence-electron chi connectivity index (χ4n) is 2.18. The second kappa shape index (κ2) is 9.58. The highest BCUT2D eigenvalue weighted by molar-refractivity contribution is 9.10. The summed E-state index contributed by atoms with van der Waals surface area (Å²) in [5.74, 6) is -0.770. The van der Waals surface area contributed by atoms with E-state index in [1.807, 2.05) is 0 Å². The number of aromatic nitrogens is 2. The highest BCUT2D eigenvalue weighted by Gasteiger charge is 2.30. The fourth-order valence-corrected chi connectivity index (χ4v) is 4.13. The molecule has 0 saturated heterocycles. The number of thioether (sulfide) groups is 1. The fraction of sp³-hybridized carbons (Fsp3) is 0.111. The van der Waals surface area contributed by atoms with Gasteiger partial charge in [0.05, 0.1) is 11.3 Å². The number of carbonyl (C=O) groups excluding carboxylic acids is 2. The highest BCUT2D eigenvalue weighted by Crippen LogP contribution is 2.30. The lowest BCUT2D eigenvalue weighted by Gasteiger charge is -2.08. The third-order valence-corrected chi connectivity index (χ3v) is 6.00. The zero-order valence-electron chi connectivity index (χ0n) is 14.9. The van der Waals surface area contributed by atoms with E-state index in [0.29, 0.717) is 9.90 Å². The van der Waals surface area contributed by atoms with Crippen molar-refractivity contribution in [3.63, 3.8) is 0 Å². The number of anilines is 2. The van der Waals surface area contributed by atoms with Gasteiger partial charge in [0.1, 0.15) is 0 Å². The Morgan fingerprint density at radius 3 is 2.47 bits per heavy atom. The van der Waals surface area contributed by atoms with Gasteiger partial charge in [-0.3, -0.25) is 14.9 Å². The number of hydrogen-bond donors (Lipinski definition) is 2. The van der Waals surface area contributed by atoms with E-state index in [-0.39, 0.29) is 22.5 Å². The van der Waals surface area contributed by atoms with Crippen LogP contribution in [0.2, 0.25) is 0 Å². The van der Waals surface area contributed by atoms with Gasteiger partial charge in [0.25, 0.3) is 5.91 Å². The SMILES string of the molecule is O=C(CSc1nnc(NC(=O)c2cccc(Br)c2)s1)Nc1ccc(C(F)(F)F)cc1. The van der Waals surface area contributed by atoms with Gasteiger partial charge in [-0.25, -0.2) is 0 Å². The molecule has 2 amide bonds. The van der Waals surface area contributed by atoms with Gasteiger partial charge in [0, 0.05) is 15.7 Å². The van der Waals surface area contributed by atoms with Crippen LogP contribution in [0.15, 0.2) is 57.3 Å². The molecule has 0 atom stereocenters. The van der Waals surface area contributed by atoms with Gasteiger partial charge in [-0.05, 0) is 42.5 Å². The van der Waals surface area contributed by atoms with E-state index in [9.17, 15) is 22.8 Å². The van der Waals surface area contributed by atoms with Crippen LogP contribution in [0.1, 0.15) is 15.9 Å². The third-order valence-electron chi connectivity index (χ3n) is 3.54. The molecule has 0 aliphatic carbocycles. The van der Waals surface area contributed by atoms with E-state index in [1.54, 1.807) is 24.3 Å². The first-order chi connectivity index (χ1) is 14.2. The second-order valence-electron chi connectivity index (χ2n) is 5.75. The molecular weight excluding hydrogens is 505 g/mol. The van der Waals surface area contributed by atoms with E-state index in [4.69, 9.17) is 0 Å². The zero-order valence-corrected chi connectivity index (χ0v) is 18.1. The molecular formula is C18H12BrF3N4O2S2. The topological polar surface area (TPSA) is 84.0 Å². The monoisotopic (exact) mass is 516 g/mol. The lowest BCUT2D eigenvalue weighted by atomic mass is 10.2. The first kappa shape index (κ1) is 22.2. The maximum absolute atomic E-state index is 12.6. The normalized spacial score (nSPS) is 11.2. The molecule has 0 aliphatic heterocycles. The van der Waals surface area contributed by atoms with Gasteiger partial charge in [-0.2, -0.15) is 13.2 Å². The van der Waals surface area contributed by atoms with Crippen LogP contribution in [0.25, 0.3) is 0 Å². The predicted octanol–water partition coefficient (Wildman–Crippen LogP) is 5.30. The van der Waals surface area contributed by atoms with Crippen molar-refractivity contribution < 1.29 is 22.8 Å². The Hall–Kier alpha value is -2.44. The maximum atomic E-state index is 12.6. The Labute approximate surface area is 185 Å². The zero-order chi connectivity index (χ0) is 21.7. The molecule has 0 aliphatic rings. The van der Waals surface area contributed by atoms with E-state index < -0.39 is 17.6 Å². The number of carbonyl (C=O) groups is 2. The van der Waals surface area contributed by atoms with E-state index in [1.165, 1.54) is 12.1 Å². The molecule has 3 aromatic rings. The van der Waals surface area contributed by atoms with Crippen LogP contribution in [0.4, 0.5) is 24.0 Å². The van der Waals surface area contributed by atoms with Gasteiger partial charge < -0.3 is 5.32 Å². The lowest BCUT2D eigenvalue weighted by Crippen LogP contribution is -2.14. The lowest BCUT2D eigenvalue weighted by molar-refractivity contribution is -0.137. The number of alkyl halides is 3. The summed E-state index contributed by atoms with van der Waals surface area (Å²) in [7, 11) is 0. The van der Waals surface area contributed by atoms with Crippen molar-refractivity contribution in [2.45, 2.75) is 10.5 Å². The predicted molar refractivity (Wildman–Crippen MR) is 113 cm³/mol. The molecule has 1 heterocycles. The molecule has 2 aromatic carbocycles. The molecule has 0 saturated carbocycles. The Morgan fingerprint density at radius 2 is 1.80 bits per heavy atom. The summed E-state index contributed by atoms with van der Waals surface area (Å²) in [4.78, 5) is 24.2. The van der Waals surface area contributed by atoms with Gasteiger partial charge in [-0.15, -0.1) is 10.2 Å². The second-order valence-corrected chi connectivity index (χ2v) is 8.87. The van der Waals surface area contributed by atoms with Gasteiger partial charge in [0.15, 0.2) is 4.34 Å². The van der Waals surface area contributed by atoms with Crippen LogP contribution < -0.4 is 10.6 Å². The van der Waals surface area contributed by atoms with Crippen molar-refractivity contribution in [3.05, 3.63) is 64.1 Å². The van der Waals surface area contributed by atoms with Gasteiger partial charge >= 0.3 is 6.18 Å². The Balaban J connectivity index is 1.50.